The SMILES string of the molecule is CC.O=[N+]([O-])c1cnc2ccc(Br)cc2c1NC1CCCCC1. The number of hydrogen-bond donors (Lipinski definition) is 1. The van der Waals surface area contributed by atoms with Crippen LogP contribution in [0.1, 0.15) is 46.0 Å². The van der Waals surface area contributed by atoms with E-state index >= 15 is 0 Å². The summed E-state index contributed by atoms with van der Waals surface area (Å²) in [6.07, 6.45) is 7.09. The first-order valence-corrected chi connectivity index (χ1v) is 8.93. The standard InChI is InChI=1S/C15H16BrN3O2.C2H6/c16-10-6-7-13-12(8-10)15(14(9-17-13)19(20)21)18-11-4-2-1-3-5-11;1-2/h6-9,11H,1-5H2,(H,17,18);1-2H3. The maximum atomic E-state index is 11.3. The highest BCUT2D eigenvalue weighted by molar-refractivity contribution is 9.10. The first kappa shape index (κ1) is 17.7. The molecule has 3 rings (SSSR count). The molecule has 1 N–H and O–H groups in total. The Bertz CT molecular complexity index is 685. The highest BCUT2D eigenvalue weighted by atomic mass is 79.9. The summed E-state index contributed by atoms with van der Waals surface area (Å²) in [5.74, 6) is 0. The lowest BCUT2D eigenvalue weighted by atomic mass is 9.95. The first-order chi connectivity index (χ1) is 11.1. The highest BCUT2D eigenvalue weighted by Gasteiger charge is 2.22. The van der Waals surface area contributed by atoms with Gasteiger partial charge in [0.1, 0.15) is 11.9 Å². The van der Waals surface area contributed by atoms with Crippen LogP contribution in [0.5, 0.6) is 0 Å². The van der Waals surface area contributed by atoms with Crippen LogP contribution in [-0.4, -0.2) is 15.9 Å². The molecule has 1 saturated carbocycles. The van der Waals surface area contributed by atoms with Gasteiger partial charge in [0, 0.05) is 15.9 Å². The van der Waals surface area contributed by atoms with Gasteiger partial charge in [0.05, 0.1) is 10.4 Å². The molecule has 2 aromatic rings. The minimum atomic E-state index is -0.363. The fourth-order valence-electron chi connectivity index (χ4n) is 2.90. The van der Waals surface area contributed by atoms with Crippen LogP contribution in [0, 0.1) is 10.1 Å². The number of hydrogen-bond acceptors (Lipinski definition) is 4. The van der Waals surface area contributed by atoms with Crippen LogP contribution in [-0.2, 0) is 0 Å². The zero-order valence-corrected chi connectivity index (χ0v) is 15.1. The number of nitro groups is 1. The molecule has 0 bridgehead atoms. The number of nitrogens with one attached hydrogen (secondary N) is 1. The number of anilines is 1. The quantitative estimate of drug-likeness (QED) is 0.550. The van der Waals surface area contributed by atoms with Gasteiger partial charge in [-0.1, -0.05) is 49.0 Å². The van der Waals surface area contributed by atoms with Crippen LogP contribution in [0.3, 0.4) is 0 Å². The van der Waals surface area contributed by atoms with Crippen LogP contribution in [0.15, 0.2) is 28.9 Å². The van der Waals surface area contributed by atoms with Gasteiger partial charge in [0.2, 0.25) is 0 Å². The molecule has 1 fully saturated rings. The van der Waals surface area contributed by atoms with Crippen molar-refractivity contribution in [2.75, 3.05) is 5.32 Å². The summed E-state index contributed by atoms with van der Waals surface area (Å²) in [5, 5.41) is 15.5. The van der Waals surface area contributed by atoms with E-state index in [1.54, 1.807) is 0 Å². The Morgan fingerprint density at radius 1 is 1.26 bits per heavy atom. The van der Waals surface area contributed by atoms with E-state index in [9.17, 15) is 10.1 Å². The van der Waals surface area contributed by atoms with E-state index in [2.05, 4.69) is 26.2 Å². The van der Waals surface area contributed by atoms with Gasteiger partial charge in [0.15, 0.2) is 0 Å². The molecule has 1 aromatic carbocycles. The number of benzene rings is 1. The summed E-state index contributed by atoms with van der Waals surface area (Å²) in [6.45, 7) is 4.00. The Hall–Kier alpha value is -1.69. The summed E-state index contributed by atoms with van der Waals surface area (Å²) >= 11 is 3.43. The molecule has 1 heterocycles. The summed E-state index contributed by atoms with van der Waals surface area (Å²) in [5.41, 5.74) is 1.41. The van der Waals surface area contributed by atoms with Gasteiger partial charge in [-0.25, -0.2) is 4.98 Å². The molecule has 124 valence electrons. The number of halogens is 1. The second-order valence-electron chi connectivity index (χ2n) is 5.42. The second kappa shape index (κ2) is 8.24. The Labute approximate surface area is 144 Å². The molecule has 0 radical (unpaired) electrons. The Morgan fingerprint density at radius 2 is 1.96 bits per heavy atom. The molecule has 0 unspecified atom stereocenters. The fraction of sp³-hybridized carbons (Fsp3) is 0.471. The van der Waals surface area contributed by atoms with Gasteiger partial charge < -0.3 is 5.32 Å². The van der Waals surface area contributed by atoms with E-state index in [0.29, 0.717) is 11.7 Å². The van der Waals surface area contributed by atoms with Crippen molar-refractivity contribution in [3.63, 3.8) is 0 Å². The number of pyridine rings is 1. The average Bonchev–Trinajstić information content (AvgIpc) is 2.58. The number of nitrogens with zero attached hydrogens (tertiary/aromatic N) is 2. The molecule has 0 saturated heterocycles. The molecule has 1 aliphatic rings. The maximum absolute atomic E-state index is 11.3. The van der Waals surface area contributed by atoms with Gasteiger partial charge in [0.25, 0.3) is 0 Å². The zero-order chi connectivity index (χ0) is 16.8. The normalized spacial score (nSPS) is 14.9. The smallest absolute Gasteiger partial charge is 0.311 e. The molecule has 6 heteroatoms. The van der Waals surface area contributed by atoms with Gasteiger partial charge in [-0.05, 0) is 31.0 Å². The van der Waals surface area contributed by atoms with Crippen molar-refractivity contribution < 1.29 is 4.92 Å². The van der Waals surface area contributed by atoms with Crippen molar-refractivity contribution in [1.82, 2.24) is 4.98 Å². The molecule has 5 nitrogen and oxygen atoms in total. The highest BCUT2D eigenvalue weighted by Crippen LogP contribution is 2.35. The molecule has 0 amide bonds. The predicted molar refractivity (Wildman–Crippen MR) is 97.9 cm³/mol. The third kappa shape index (κ3) is 4.19. The lowest BCUT2D eigenvalue weighted by Gasteiger charge is -2.24. The lowest BCUT2D eigenvalue weighted by Crippen LogP contribution is -2.23. The first-order valence-electron chi connectivity index (χ1n) is 8.14. The number of rotatable bonds is 3. The molecule has 1 aromatic heterocycles. The number of aromatic nitrogens is 1. The maximum Gasteiger partial charge on any atom is 0.311 e. The van der Waals surface area contributed by atoms with Crippen molar-refractivity contribution in [1.29, 1.82) is 0 Å². The second-order valence-corrected chi connectivity index (χ2v) is 6.33. The summed E-state index contributed by atoms with van der Waals surface area (Å²) in [7, 11) is 0. The van der Waals surface area contributed by atoms with Gasteiger partial charge in [-0.2, -0.15) is 0 Å². The van der Waals surface area contributed by atoms with Crippen molar-refractivity contribution >= 4 is 38.2 Å². The van der Waals surface area contributed by atoms with E-state index in [1.165, 1.54) is 25.5 Å². The molecule has 0 atom stereocenters. The largest absolute Gasteiger partial charge is 0.376 e. The number of fused-ring (bicyclic) bond motifs is 1. The van der Waals surface area contributed by atoms with Crippen molar-refractivity contribution in [3.8, 4) is 0 Å². The third-order valence-electron chi connectivity index (χ3n) is 3.96. The van der Waals surface area contributed by atoms with Crippen molar-refractivity contribution in [2.45, 2.75) is 52.0 Å². The summed E-state index contributed by atoms with van der Waals surface area (Å²) < 4.78 is 0.893. The molecular formula is C17H22BrN3O2. The Balaban J connectivity index is 0.000000924. The molecular weight excluding hydrogens is 358 g/mol. The lowest BCUT2D eigenvalue weighted by molar-refractivity contribution is -0.384. The van der Waals surface area contributed by atoms with E-state index in [0.717, 1.165) is 28.2 Å². The fourth-order valence-corrected chi connectivity index (χ4v) is 3.26. The van der Waals surface area contributed by atoms with E-state index in [-0.39, 0.29) is 10.6 Å². The van der Waals surface area contributed by atoms with Gasteiger partial charge in [-0.15, -0.1) is 0 Å². The van der Waals surface area contributed by atoms with Crippen LogP contribution in [0.4, 0.5) is 11.4 Å². The van der Waals surface area contributed by atoms with Gasteiger partial charge in [-0.3, -0.25) is 10.1 Å². The molecule has 0 spiro atoms. The van der Waals surface area contributed by atoms with Crippen LogP contribution in [0.2, 0.25) is 0 Å². The van der Waals surface area contributed by atoms with Crippen molar-refractivity contribution in [3.05, 3.63) is 39.0 Å². The van der Waals surface area contributed by atoms with Crippen LogP contribution in [0.25, 0.3) is 10.9 Å². The monoisotopic (exact) mass is 379 g/mol. The Kier molecular flexibility index (Phi) is 6.33. The topological polar surface area (TPSA) is 68.1 Å². The van der Waals surface area contributed by atoms with E-state index in [1.807, 2.05) is 32.0 Å². The summed E-state index contributed by atoms with van der Waals surface area (Å²) in [6, 6.07) is 5.96. The average molecular weight is 380 g/mol. The minimum Gasteiger partial charge on any atom is -0.376 e. The van der Waals surface area contributed by atoms with E-state index < -0.39 is 0 Å². The zero-order valence-electron chi connectivity index (χ0n) is 13.5. The molecule has 23 heavy (non-hydrogen) atoms. The van der Waals surface area contributed by atoms with Crippen molar-refractivity contribution in [2.24, 2.45) is 0 Å². The van der Waals surface area contributed by atoms with E-state index in [4.69, 9.17) is 0 Å². The minimum absolute atomic E-state index is 0.0474. The third-order valence-corrected chi connectivity index (χ3v) is 4.45. The predicted octanol–water partition coefficient (Wildman–Crippen LogP) is 5.68. The van der Waals surface area contributed by atoms with Crippen LogP contribution < -0.4 is 5.32 Å². The van der Waals surface area contributed by atoms with Crippen LogP contribution >= 0.6 is 15.9 Å². The molecule has 0 aliphatic heterocycles. The Morgan fingerprint density at radius 3 is 2.61 bits per heavy atom. The van der Waals surface area contributed by atoms with Gasteiger partial charge >= 0.3 is 5.69 Å². The summed E-state index contributed by atoms with van der Waals surface area (Å²) in [4.78, 5) is 15.1. The molecule has 1 aliphatic carbocycles.